The summed E-state index contributed by atoms with van der Waals surface area (Å²) >= 11 is 4.05. The summed E-state index contributed by atoms with van der Waals surface area (Å²) in [6.07, 6.45) is 6.97. The molecule has 2 fully saturated rings. The summed E-state index contributed by atoms with van der Waals surface area (Å²) in [4.78, 5) is 0. The first-order chi connectivity index (χ1) is 6.40. The lowest BCUT2D eigenvalue weighted by atomic mass is 9.85. The zero-order valence-electron chi connectivity index (χ0n) is 8.04. The SMILES string of the molecule is SCOC[C@@H]1CC2CCCCC2N1. The zero-order valence-corrected chi connectivity index (χ0v) is 8.93. The van der Waals surface area contributed by atoms with Gasteiger partial charge in [0.15, 0.2) is 0 Å². The van der Waals surface area contributed by atoms with Crippen molar-refractivity contribution in [3.63, 3.8) is 0 Å². The van der Waals surface area contributed by atoms with E-state index in [1.165, 1.54) is 32.1 Å². The molecule has 3 atom stereocenters. The van der Waals surface area contributed by atoms with E-state index in [0.717, 1.165) is 18.6 Å². The average molecular weight is 201 g/mol. The minimum atomic E-state index is 0.549. The molecule has 0 aromatic carbocycles. The Morgan fingerprint density at radius 2 is 2.15 bits per heavy atom. The minimum Gasteiger partial charge on any atom is -0.369 e. The summed E-state index contributed by atoms with van der Waals surface area (Å²) in [5.74, 6) is 1.48. The Labute approximate surface area is 85.8 Å². The van der Waals surface area contributed by atoms with Gasteiger partial charge in [-0.3, -0.25) is 0 Å². The third-order valence-corrected chi connectivity index (χ3v) is 3.54. The highest BCUT2D eigenvalue weighted by atomic mass is 32.1. The molecule has 1 saturated carbocycles. The molecule has 1 saturated heterocycles. The lowest BCUT2D eigenvalue weighted by Crippen LogP contribution is -2.35. The molecule has 2 nitrogen and oxygen atoms in total. The van der Waals surface area contributed by atoms with Crippen LogP contribution in [-0.2, 0) is 4.74 Å². The van der Waals surface area contributed by atoms with Gasteiger partial charge in [0.1, 0.15) is 0 Å². The summed E-state index contributed by atoms with van der Waals surface area (Å²) in [6.45, 7) is 0.844. The predicted molar refractivity (Wildman–Crippen MR) is 57.1 cm³/mol. The largest absolute Gasteiger partial charge is 0.369 e. The van der Waals surface area contributed by atoms with Crippen molar-refractivity contribution in [2.45, 2.75) is 44.2 Å². The second kappa shape index (κ2) is 4.67. The summed E-state index contributed by atoms with van der Waals surface area (Å²) in [6, 6.07) is 1.39. The van der Waals surface area contributed by atoms with E-state index in [1.54, 1.807) is 0 Å². The van der Waals surface area contributed by atoms with Crippen LogP contribution in [0.25, 0.3) is 0 Å². The molecule has 1 aliphatic heterocycles. The smallest absolute Gasteiger partial charge is 0.0893 e. The first kappa shape index (κ1) is 9.81. The van der Waals surface area contributed by atoms with Gasteiger partial charge in [-0.2, -0.15) is 12.6 Å². The van der Waals surface area contributed by atoms with Crippen LogP contribution >= 0.6 is 12.6 Å². The van der Waals surface area contributed by atoms with Gasteiger partial charge in [0.05, 0.1) is 12.5 Å². The molecule has 1 heterocycles. The Kier molecular flexibility index (Phi) is 3.52. The van der Waals surface area contributed by atoms with Crippen LogP contribution in [-0.4, -0.2) is 24.6 Å². The Bertz CT molecular complexity index is 151. The van der Waals surface area contributed by atoms with E-state index in [4.69, 9.17) is 4.74 Å². The fraction of sp³-hybridized carbons (Fsp3) is 1.00. The van der Waals surface area contributed by atoms with Crippen molar-refractivity contribution in [3.8, 4) is 0 Å². The number of rotatable bonds is 3. The fourth-order valence-electron chi connectivity index (χ4n) is 2.76. The number of hydrogen-bond acceptors (Lipinski definition) is 3. The van der Waals surface area contributed by atoms with Gasteiger partial charge >= 0.3 is 0 Å². The van der Waals surface area contributed by atoms with Crippen LogP contribution < -0.4 is 5.32 Å². The van der Waals surface area contributed by atoms with Crippen molar-refractivity contribution in [3.05, 3.63) is 0 Å². The van der Waals surface area contributed by atoms with Gasteiger partial charge < -0.3 is 10.1 Å². The van der Waals surface area contributed by atoms with Gasteiger partial charge in [0, 0.05) is 12.1 Å². The first-order valence-corrected chi connectivity index (χ1v) is 5.98. The van der Waals surface area contributed by atoms with Crippen molar-refractivity contribution in [1.29, 1.82) is 0 Å². The van der Waals surface area contributed by atoms with Gasteiger partial charge in [0.25, 0.3) is 0 Å². The maximum atomic E-state index is 5.33. The monoisotopic (exact) mass is 201 g/mol. The second-order valence-corrected chi connectivity index (χ2v) is 4.51. The molecule has 3 heteroatoms. The van der Waals surface area contributed by atoms with E-state index >= 15 is 0 Å². The van der Waals surface area contributed by atoms with E-state index < -0.39 is 0 Å². The number of thiol groups is 1. The van der Waals surface area contributed by atoms with Gasteiger partial charge in [-0.15, -0.1) is 0 Å². The summed E-state index contributed by atoms with van der Waals surface area (Å²) < 4.78 is 5.33. The van der Waals surface area contributed by atoms with Gasteiger partial charge in [0.2, 0.25) is 0 Å². The minimum absolute atomic E-state index is 0.549. The third-order valence-electron chi connectivity index (χ3n) is 3.36. The summed E-state index contributed by atoms with van der Waals surface area (Å²) in [5.41, 5.74) is 0. The first-order valence-electron chi connectivity index (χ1n) is 5.35. The van der Waals surface area contributed by atoms with Crippen LogP contribution in [0, 0.1) is 5.92 Å². The van der Waals surface area contributed by atoms with E-state index in [9.17, 15) is 0 Å². The van der Waals surface area contributed by atoms with Gasteiger partial charge in [-0.1, -0.05) is 12.8 Å². The van der Waals surface area contributed by atoms with Crippen molar-refractivity contribution in [2.75, 3.05) is 12.5 Å². The van der Waals surface area contributed by atoms with Crippen LogP contribution in [0.3, 0.4) is 0 Å². The number of hydrogen-bond donors (Lipinski definition) is 2. The van der Waals surface area contributed by atoms with E-state index in [2.05, 4.69) is 17.9 Å². The Morgan fingerprint density at radius 1 is 1.31 bits per heavy atom. The van der Waals surface area contributed by atoms with Crippen LogP contribution in [0.2, 0.25) is 0 Å². The van der Waals surface area contributed by atoms with E-state index in [0.29, 0.717) is 12.0 Å². The second-order valence-electron chi connectivity index (χ2n) is 4.25. The number of nitrogens with one attached hydrogen (secondary N) is 1. The zero-order chi connectivity index (χ0) is 9.10. The molecule has 0 amide bonds. The molecular formula is C10H19NOS. The van der Waals surface area contributed by atoms with Crippen LogP contribution in [0.15, 0.2) is 0 Å². The Balaban J connectivity index is 1.77. The molecule has 0 aromatic rings. The molecule has 0 radical (unpaired) electrons. The predicted octanol–water partition coefficient (Wildman–Crippen LogP) is 1.81. The van der Waals surface area contributed by atoms with Gasteiger partial charge in [-0.05, 0) is 25.2 Å². The number of fused-ring (bicyclic) bond motifs is 1. The van der Waals surface area contributed by atoms with Gasteiger partial charge in [-0.25, -0.2) is 0 Å². The molecule has 0 aromatic heterocycles. The molecule has 2 unspecified atom stereocenters. The highest BCUT2D eigenvalue weighted by molar-refractivity contribution is 7.80. The lowest BCUT2D eigenvalue weighted by Gasteiger charge is -2.24. The summed E-state index contributed by atoms with van der Waals surface area (Å²) in [7, 11) is 0. The molecule has 1 N–H and O–H groups in total. The molecule has 1 aliphatic carbocycles. The Hall–Kier alpha value is 0.270. The molecule has 2 aliphatic rings. The lowest BCUT2D eigenvalue weighted by molar-refractivity contribution is 0.158. The van der Waals surface area contributed by atoms with Crippen molar-refractivity contribution in [1.82, 2.24) is 5.32 Å². The highest BCUT2D eigenvalue weighted by Gasteiger charge is 2.34. The summed E-state index contributed by atoms with van der Waals surface area (Å²) in [5, 5.41) is 3.67. The van der Waals surface area contributed by atoms with E-state index in [-0.39, 0.29) is 0 Å². The molecular weight excluding hydrogens is 182 g/mol. The van der Waals surface area contributed by atoms with Crippen LogP contribution in [0.4, 0.5) is 0 Å². The van der Waals surface area contributed by atoms with Crippen molar-refractivity contribution < 1.29 is 4.74 Å². The fourth-order valence-corrected chi connectivity index (χ4v) is 2.86. The molecule has 0 spiro atoms. The number of ether oxygens (including phenoxy) is 1. The van der Waals surface area contributed by atoms with Crippen LogP contribution in [0.1, 0.15) is 32.1 Å². The molecule has 76 valence electrons. The molecule has 0 bridgehead atoms. The van der Waals surface area contributed by atoms with Crippen LogP contribution in [0.5, 0.6) is 0 Å². The molecule has 2 rings (SSSR count). The van der Waals surface area contributed by atoms with Crippen molar-refractivity contribution in [2.24, 2.45) is 5.92 Å². The normalized spacial score (nSPS) is 39.0. The topological polar surface area (TPSA) is 21.3 Å². The van der Waals surface area contributed by atoms with Crippen molar-refractivity contribution >= 4 is 12.6 Å². The molecule has 13 heavy (non-hydrogen) atoms. The Morgan fingerprint density at radius 3 is 2.92 bits per heavy atom. The quantitative estimate of drug-likeness (QED) is 0.537. The maximum absolute atomic E-state index is 5.33. The van der Waals surface area contributed by atoms with E-state index in [1.807, 2.05) is 0 Å². The highest BCUT2D eigenvalue weighted by Crippen LogP contribution is 2.33. The third kappa shape index (κ3) is 2.39. The standard InChI is InChI=1S/C10H19NOS/c13-7-12-6-9-5-8-3-1-2-4-10(8)11-9/h8-11,13H,1-7H2/t8?,9-,10?/m0/s1. The maximum Gasteiger partial charge on any atom is 0.0893 e. The average Bonchev–Trinajstić information content (AvgIpc) is 2.57.